The van der Waals surface area contributed by atoms with E-state index in [1.165, 1.54) is 43.0 Å². The number of hydrogen-bond donors (Lipinski definition) is 0. The zero-order valence-corrected chi connectivity index (χ0v) is 35.2. The minimum Gasteiger partial charge on any atom is -0.0622 e. The third-order valence-electron chi connectivity index (χ3n) is 8.54. The Morgan fingerprint density at radius 2 is 0.455 bits per heavy atom. The Labute approximate surface area is 345 Å². The molecule has 0 aliphatic heterocycles. The molecule has 0 radical (unpaired) electrons. The average Bonchev–Trinajstić information content (AvgIpc) is 3.25. The van der Waals surface area contributed by atoms with Gasteiger partial charge in [0.15, 0.2) is 0 Å². The molecule has 0 bridgehead atoms. The van der Waals surface area contributed by atoms with Crippen molar-refractivity contribution in [2.45, 2.75) is 13.8 Å². The normalized spacial score (nSPS) is 10.0. The van der Waals surface area contributed by atoms with E-state index >= 15 is 0 Å². The van der Waals surface area contributed by atoms with Gasteiger partial charge in [0.25, 0.3) is 0 Å². The van der Waals surface area contributed by atoms with Crippen molar-refractivity contribution in [3.8, 4) is 11.8 Å². The van der Waals surface area contributed by atoms with Crippen molar-refractivity contribution in [2.75, 3.05) is 0 Å². The predicted octanol–water partition coefficient (Wildman–Crippen LogP) is 10.6. The quantitative estimate of drug-likeness (QED) is 0.115. The number of aryl methyl sites for hydroxylation is 2. The van der Waals surface area contributed by atoms with Crippen LogP contribution in [0.3, 0.4) is 0 Å². The fourth-order valence-electron chi connectivity index (χ4n) is 5.78. The van der Waals surface area contributed by atoms with Crippen molar-refractivity contribution >= 4 is 47.7 Å². The van der Waals surface area contributed by atoms with Crippen molar-refractivity contribution in [3.05, 3.63) is 253 Å². The number of rotatable bonds is 6. The second-order valence-corrected chi connectivity index (χ2v) is 17.1. The molecule has 0 N–H and O–H groups in total. The molecule has 0 saturated heterocycles. The van der Waals surface area contributed by atoms with Gasteiger partial charge in [-0.15, -0.1) is 0 Å². The molecule has 3 heteroatoms. The van der Waals surface area contributed by atoms with Crippen molar-refractivity contribution in [1.29, 1.82) is 0 Å². The second kappa shape index (κ2) is 22.3. The monoisotopic (exact) mass is 925 g/mol. The first kappa shape index (κ1) is 41.0. The van der Waals surface area contributed by atoms with Crippen LogP contribution in [0.4, 0.5) is 0 Å². The molecule has 55 heavy (non-hydrogen) atoms. The van der Waals surface area contributed by atoms with Gasteiger partial charge in [0.2, 0.25) is 0 Å². The van der Waals surface area contributed by atoms with Crippen molar-refractivity contribution in [1.82, 2.24) is 0 Å². The summed E-state index contributed by atoms with van der Waals surface area (Å²) in [4.78, 5) is 0. The zero-order valence-electron chi connectivity index (χ0n) is 31.1. The fourth-order valence-corrected chi connectivity index (χ4v) is 10.3. The first-order chi connectivity index (χ1) is 26.6. The van der Waals surface area contributed by atoms with Crippen LogP contribution in [0, 0.1) is 25.7 Å². The van der Waals surface area contributed by atoms with Crippen molar-refractivity contribution < 1.29 is 21.1 Å². The van der Waals surface area contributed by atoms with Gasteiger partial charge in [-0.1, -0.05) is 229 Å². The van der Waals surface area contributed by atoms with Crippen LogP contribution in [-0.2, 0) is 21.1 Å². The van der Waals surface area contributed by atoms with Crippen LogP contribution in [-0.4, -0.2) is 0 Å². The van der Waals surface area contributed by atoms with Gasteiger partial charge in [0, 0.05) is 32.2 Å². The van der Waals surface area contributed by atoms with E-state index in [4.69, 9.17) is 0 Å². The van der Waals surface area contributed by atoms with E-state index in [0.29, 0.717) is 0 Å². The number of hydrogen-bond acceptors (Lipinski definition) is 0. The van der Waals surface area contributed by atoms with E-state index in [1.54, 1.807) is 0 Å². The maximum atomic E-state index is 3.11. The summed E-state index contributed by atoms with van der Waals surface area (Å²) in [7, 11) is -0.917. The summed E-state index contributed by atoms with van der Waals surface area (Å²) in [5, 5.41) is 8.41. The van der Waals surface area contributed by atoms with Crippen LogP contribution in [0.25, 0.3) is 0 Å². The third kappa shape index (κ3) is 12.7. The van der Waals surface area contributed by atoms with Gasteiger partial charge in [0.1, 0.15) is 0 Å². The van der Waals surface area contributed by atoms with Gasteiger partial charge < -0.3 is 0 Å². The Bertz CT molecular complexity index is 2060. The van der Waals surface area contributed by atoms with Crippen LogP contribution in [0.5, 0.6) is 0 Å². The van der Waals surface area contributed by atoms with Crippen LogP contribution in [0.2, 0.25) is 0 Å². The molecule has 0 fully saturated rings. The summed E-state index contributed by atoms with van der Waals surface area (Å²) >= 11 is 0. The van der Waals surface area contributed by atoms with Gasteiger partial charge in [-0.2, -0.15) is 0 Å². The third-order valence-corrected chi connectivity index (χ3v) is 13.4. The number of benzene rings is 8. The zero-order chi connectivity index (χ0) is 37.2. The average molecular weight is 926 g/mol. The first-order valence-corrected chi connectivity index (χ1v) is 20.9. The van der Waals surface area contributed by atoms with E-state index in [0.717, 1.165) is 11.1 Å². The Kier molecular flexibility index (Phi) is 16.6. The first-order valence-electron chi connectivity index (χ1n) is 18.2. The Hall–Kier alpha value is -5.13. The molecule has 0 amide bonds. The molecule has 8 rings (SSSR count). The molecule has 272 valence electrons. The Morgan fingerprint density at radius 1 is 0.255 bits per heavy atom. The molecule has 0 heterocycles. The van der Waals surface area contributed by atoms with Gasteiger partial charge >= 0.3 is 0 Å². The molecule has 0 aromatic heterocycles. The van der Waals surface area contributed by atoms with E-state index in [1.807, 2.05) is 60.7 Å². The van der Waals surface area contributed by atoms with Crippen LogP contribution < -0.4 is 31.8 Å². The van der Waals surface area contributed by atoms with Crippen molar-refractivity contribution in [3.63, 3.8) is 0 Å². The summed E-state index contributed by atoms with van der Waals surface area (Å²) in [6, 6.07) is 81.1. The van der Waals surface area contributed by atoms with E-state index < -0.39 is 15.8 Å². The minimum atomic E-state index is -0.458. The van der Waals surface area contributed by atoms with Gasteiger partial charge in [-0.3, -0.25) is 0 Å². The molecular formula is C52H44P2Pt. The van der Waals surface area contributed by atoms with E-state index in [-0.39, 0.29) is 21.1 Å². The van der Waals surface area contributed by atoms with Gasteiger partial charge in [-0.05, 0) is 85.8 Å². The smallest absolute Gasteiger partial charge is 0.0249 e. The maximum Gasteiger partial charge on any atom is 0.0249 e. The fraction of sp³-hybridized carbons (Fsp3) is 0.0385. The summed E-state index contributed by atoms with van der Waals surface area (Å²) in [5.74, 6) is 6.22. The van der Waals surface area contributed by atoms with Crippen LogP contribution in [0.1, 0.15) is 22.3 Å². The molecule has 0 saturated carbocycles. The van der Waals surface area contributed by atoms with Gasteiger partial charge in [-0.25, -0.2) is 0 Å². The molecule has 8 aromatic carbocycles. The minimum absolute atomic E-state index is 0. The Morgan fingerprint density at radius 3 is 0.691 bits per heavy atom. The van der Waals surface area contributed by atoms with Crippen LogP contribution in [0.15, 0.2) is 231 Å². The molecule has 0 spiro atoms. The molecule has 8 aromatic rings. The second-order valence-electron chi connectivity index (χ2n) is 12.7. The summed E-state index contributed by atoms with van der Waals surface area (Å²) in [6.45, 7) is 4.27. The molecule has 0 atom stereocenters. The summed E-state index contributed by atoms with van der Waals surface area (Å²) in [6.07, 6.45) is 0. The standard InChI is InChI=1S/2C19H17P.C14H10.Pt/c2*1-16-12-14-19(15-13-16)20(17-8-4-2-5-9-17)18-10-6-3-7-11-18;1-3-7-13(8-4-1)11-12-14-9-5-2-6-10-14;/h2*2-15H,1H3;1-10H;. The van der Waals surface area contributed by atoms with Crippen LogP contribution >= 0.6 is 15.8 Å². The van der Waals surface area contributed by atoms with E-state index in [9.17, 15) is 0 Å². The summed E-state index contributed by atoms with van der Waals surface area (Å²) in [5.41, 5.74) is 4.72. The molecule has 0 aliphatic rings. The largest absolute Gasteiger partial charge is 0.0622 e. The van der Waals surface area contributed by atoms with E-state index in [2.05, 4.69) is 196 Å². The molecular weight excluding hydrogens is 882 g/mol. The SMILES string of the molecule is C(#Cc1ccccc1)c1ccccc1.Cc1ccc(P(c2ccccc2)c2ccccc2)cc1.Cc1ccc(P(c2ccccc2)c2ccccc2)cc1.[Pt]. The maximum absolute atomic E-state index is 3.11. The molecule has 0 unspecified atom stereocenters. The van der Waals surface area contributed by atoms with Gasteiger partial charge in [0.05, 0.1) is 0 Å². The molecule has 0 aliphatic carbocycles. The molecule has 0 nitrogen and oxygen atoms in total. The summed E-state index contributed by atoms with van der Waals surface area (Å²) < 4.78 is 0. The predicted molar refractivity (Wildman–Crippen MR) is 239 cm³/mol. The van der Waals surface area contributed by atoms with Crippen molar-refractivity contribution in [2.24, 2.45) is 0 Å². The topological polar surface area (TPSA) is 0 Å². The Balaban J connectivity index is 0.000000160.